The van der Waals surface area contributed by atoms with Crippen molar-refractivity contribution in [3.05, 3.63) is 24.3 Å². The maximum atomic E-state index is 12.3. The number of nitrogens with one attached hydrogen (secondary N) is 1. The summed E-state index contributed by atoms with van der Waals surface area (Å²) in [4.78, 5) is 26.7. The van der Waals surface area contributed by atoms with Crippen molar-refractivity contribution in [1.82, 2.24) is 30.0 Å². The molecule has 2 fully saturated rings. The Morgan fingerprint density at radius 1 is 1.31 bits per heavy atom. The Hall–Kier alpha value is -2.71. The van der Waals surface area contributed by atoms with Crippen molar-refractivity contribution in [1.29, 1.82) is 0 Å². The molecular formula is C17H24N8O. The van der Waals surface area contributed by atoms with E-state index in [-0.39, 0.29) is 17.9 Å². The summed E-state index contributed by atoms with van der Waals surface area (Å²) in [7, 11) is 1.90. The number of nitrogens with two attached hydrogens (primary N) is 1. The van der Waals surface area contributed by atoms with Gasteiger partial charge in [-0.25, -0.2) is 9.97 Å². The minimum atomic E-state index is 0.123. The Bertz CT molecular complexity index is 777. The van der Waals surface area contributed by atoms with E-state index >= 15 is 0 Å². The van der Waals surface area contributed by atoms with Crippen molar-refractivity contribution in [2.24, 2.45) is 18.9 Å². The van der Waals surface area contributed by atoms with E-state index in [1.165, 1.54) is 6.33 Å². The number of nitrogens with zero attached hydrogens (tertiary/aromatic N) is 6. The molecule has 138 valence electrons. The highest BCUT2D eigenvalue weighted by Crippen LogP contribution is 2.39. The average Bonchev–Trinajstić information content (AvgIpc) is 3.27. The lowest BCUT2D eigenvalue weighted by Gasteiger charge is -2.19. The van der Waals surface area contributed by atoms with Crippen LogP contribution in [0.5, 0.6) is 0 Å². The zero-order valence-electron chi connectivity index (χ0n) is 14.9. The monoisotopic (exact) mass is 356 g/mol. The number of carbonyl (C=O) groups is 1. The summed E-state index contributed by atoms with van der Waals surface area (Å²) < 4.78 is 1.82. The van der Waals surface area contributed by atoms with E-state index in [0.29, 0.717) is 24.2 Å². The summed E-state index contributed by atoms with van der Waals surface area (Å²) in [6.07, 6.45) is 6.46. The molecule has 1 aliphatic heterocycles. The van der Waals surface area contributed by atoms with E-state index in [1.54, 1.807) is 6.20 Å². The standard InChI is InChI=1S/C17H24N8O/c1-24-14(4-5-21-24)2-3-15(26)22-13-6-11-8-25(9-12(11)7-13)17-20-10-19-16(18)23-17/h4-5,10-13H,2-3,6-9H2,1H3,(H,22,26)(H2,18,19,20,23). The average molecular weight is 356 g/mol. The molecule has 2 unspecified atom stereocenters. The lowest BCUT2D eigenvalue weighted by atomic mass is 10.0. The van der Waals surface area contributed by atoms with E-state index in [9.17, 15) is 4.79 Å². The van der Waals surface area contributed by atoms with Crippen molar-refractivity contribution in [3.63, 3.8) is 0 Å². The van der Waals surface area contributed by atoms with E-state index in [1.807, 2.05) is 17.8 Å². The molecule has 2 aromatic heterocycles. The number of amides is 1. The SMILES string of the molecule is Cn1nccc1CCC(=O)NC1CC2CN(c3ncnc(N)n3)CC2C1. The van der Waals surface area contributed by atoms with Crippen LogP contribution in [0.25, 0.3) is 0 Å². The van der Waals surface area contributed by atoms with Gasteiger partial charge in [0.05, 0.1) is 0 Å². The molecule has 9 heteroatoms. The minimum absolute atomic E-state index is 0.123. The van der Waals surface area contributed by atoms with Gasteiger partial charge in [0.2, 0.25) is 17.8 Å². The van der Waals surface area contributed by atoms with Crippen LogP contribution in [0.2, 0.25) is 0 Å². The molecule has 1 amide bonds. The second-order valence-electron chi connectivity index (χ2n) is 7.25. The fourth-order valence-corrected chi connectivity index (χ4v) is 4.22. The van der Waals surface area contributed by atoms with Crippen LogP contribution >= 0.6 is 0 Å². The Labute approximate surface area is 152 Å². The zero-order valence-corrected chi connectivity index (χ0v) is 14.9. The molecule has 2 aromatic rings. The van der Waals surface area contributed by atoms with Gasteiger partial charge < -0.3 is 16.0 Å². The third-order valence-corrected chi connectivity index (χ3v) is 5.51. The third kappa shape index (κ3) is 3.47. The molecule has 2 aliphatic rings. The number of nitrogen functional groups attached to an aromatic ring is 1. The van der Waals surface area contributed by atoms with Crippen LogP contribution in [0.3, 0.4) is 0 Å². The van der Waals surface area contributed by atoms with Gasteiger partial charge in [-0.1, -0.05) is 0 Å². The van der Waals surface area contributed by atoms with Gasteiger partial charge in [-0.2, -0.15) is 10.1 Å². The third-order valence-electron chi connectivity index (χ3n) is 5.51. The minimum Gasteiger partial charge on any atom is -0.368 e. The van der Waals surface area contributed by atoms with E-state index < -0.39 is 0 Å². The van der Waals surface area contributed by atoms with Crippen LogP contribution in [-0.4, -0.2) is 49.8 Å². The second kappa shape index (κ2) is 6.89. The fourth-order valence-electron chi connectivity index (χ4n) is 4.22. The summed E-state index contributed by atoms with van der Waals surface area (Å²) in [5.74, 6) is 2.17. The first-order valence-electron chi connectivity index (χ1n) is 9.04. The predicted octanol–water partition coefficient (Wildman–Crippen LogP) is 0.151. The van der Waals surface area contributed by atoms with Gasteiger partial charge in [-0.15, -0.1) is 0 Å². The van der Waals surface area contributed by atoms with Gasteiger partial charge in [0.1, 0.15) is 6.33 Å². The Morgan fingerprint density at radius 2 is 2.08 bits per heavy atom. The van der Waals surface area contributed by atoms with Crippen molar-refractivity contribution in [3.8, 4) is 0 Å². The number of hydrogen-bond donors (Lipinski definition) is 2. The summed E-state index contributed by atoms with van der Waals surface area (Å²) in [6.45, 7) is 1.82. The molecule has 0 radical (unpaired) electrons. The smallest absolute Gasteiger partial charge is 0.230 e. The van der Waals surface area contributed by atoms with Gasteiger partial charge in [0.25, 0.3) is 0 Å². The van der Waals surface area contributed by atoms with Crippen molar-refractivity contribution in [2.45, 2.75) is 31.7 Å². The maximum absolute atomic E-state index is 12.3. The highest BCUT2D eigenvalue weighted by atomic mass is 16.1. The van der Waals surface area contributed by atoms with Crippen molar-refractivity contribution >= 4 is 17.8 Å². The first-order valence-corrected chi connectivity index (χ1v) is 9.04. The number of carbonyl (C=O) groups excluding carboxylic acids is 1. The number of aromatic nitrogens is 5. The maximum Gasteiger partial charge on any atom is 0.230 e. The van der Waals surface area contributed by atoms with E-state index in [4.69, 9.17) is 5.73 Å². The Balaban J connectivity index is 1.25. The van der Waals surface area contributed by atoms with Crippen LogP contribution in [0.15, 0.2) is 18.6 Å². The van der Waals surface area contributed by atoms with E-state index in [0.717, 1.165) is 38.0 Å². The molecule has 0 aromatic carbocycles. The lowest BCUT2D eigenvalue weighted by Crippen LogP contribution is -2.35. The van der Waals surface area contributed by atoms with Crippen molar-refractivity contribution in [2.75, 3.05) is 23.7 Å². The quantitative estimate of drug-likeness (QED) is 0.783. The molecule has 1 saturated carbocycles. The molecule has 2 atom stereocenters. The first kappa shape index (κ1) is 16.7. The molecular weight excluding hydrogens is 332 g/mol. The number of hydrogen-bond acceptors (Lipinski definition) is 7. The van der Waals surface area contributed by atoms with Crippen LogP contribution in [0.4, 0.5) is 11.9 Å². The first-order chi connectivity index (χ1) is 12.6. The second-order valence-corrected chi connectivity index (χ2v) is 7.25. The molecule has 9 nitrogen and oxygen atoms in total. The van der Waals surface area contributed by atoms with Gasteiger partial charge >= 0.3 is 0 Å². The predicted molar refractivity (Wildman–Crippen MR) is 96.1 cm³/mol. The summed E-state index contributed by atoms with van der Waals surface area (Å²) in [6, 6.07) is 2.23. The summed E-state index contributed by atoms with van der Waals surface area (Å²) >= 11 is 0. The van der Waals surface area contributed by atoms with Gasteiger partial charge in [-0.3, -0.25) is 9.48 Å². The van der Waals surface area contributed by atoms with Gasteiger partial charge in [0, 0.05) is 44.5 Å². The molecule has 26 heavy (non-hydrogen) atoms. The highest BCUT2D eigenvalue weighted by molar-refractivity contribution is 5.76. The molecule has 1 aliphatic carbocycles. The Morgan fingerprint density at radius 3 is 2.73 bits per heavy atom. The number of anilines is 2. The summed E-state index contributed by atoms with van der Waals surface area (Å²) in [5.41, 5.74) is 6.73. The lowest BCUT2D eigenvalue weighted by molar-refractivity contribution is -0.121. The molecule has 1 saturated heterocycles. The fraction of sp³-hybridized carbons (Fsp3) is 0.588. The number of rotatable bonds is 5. The molecule has 0 spiro atoms. The molecule has 3 heterocycles. The number of aryl methyl sites for hydroxylation is 2. The zero-order chi connectivity index (χ0) is 18.1. The highest BCUT2D eigenvalue weighted by Gasteiger charge is 2.42. The largest absolute Gasteiger partial charge is 0.368 e. The normalized spacial score (nSPS) is 24.7. The van der Waals surface area contributed by atoms with Crippen molar-refractivity contribution < 1.29 is 4.79 Å². The molecule has 3 N–H and O–H groups in total. The molecule has 4 rings (SSSR count). The van der Waals surface area contributed by atoms with Crippen LogP contribution < -0.4 is 16.0 Å². The topological polar surface area (TPSA) is 115 Å². The van der Waals surface area contributed by atoms with Gasteiger partial charge in [0.15, 0.2) is 0 Å². The van der Waals surface area contributed by atoms with Crippen LogP contribution in [0.1, 0.15) is 25.0 Å². The van der Waals surface area contributed by atoms with E-state index in [2.05, 4.69) is 30.3 Å². The van der Waals surface area contributed by atoms with Crippen LogP contribution in [-0.2, 0) is 18.3 Å². The summed E-state index contributed by atoms with van der Waals surface area (Å²) in [5, 5.41) is 7.34. The number of fused-ring (bicyclic) bond motifs is 1. The Kier molecular flexibility index (Phi) is 4.44. The van der Waals surface area contributed by atoms with Gasteiger partial charge in [-0.05, 0) is 37.2 Å². The van der Waals surface area contributed by atoms with Crippen LogP contribution in [0, 0.1) is 11.8 Å². The molecule has 0 bridgehead atoms.